The molecule has 23 heavy (non-hydrogen) atoms. The van der Waals surface area contributed by atoms with Crippen LogP contribution in [0.5, 0.6) is 0 Å². The molecular formula is C15H12F2N4O2. The Kier molecular flexibility index (Phi) is 3.65. The number of aromatic nitrogens is 3. The molecule has 2 heterocycles. The van der Waals surface area contributed by atoms with E-state index in [1.807, 2.05) is 0 Å². The number of nitrogens with one attached hydrogen (secondary N) is 2. The molecule has 0 spiro atoms. The minimum Gasteiger partial charge on any atom is -0.464 e. The predicted octanol–water partition coefficient (Wildman–Crippen LogP) is 3.07. The van der Waals surface area contributed by atoms with Gasteiger partial charge in [0.15, 0.2) is 11.5 Å². The number of hydrogen-bond acceptors (Lipinski definition) is 5. The molecule has 6 nitrogen and oxygen atoms in total. The second-order valence-electron chi connectivity index (χ2n) is 4.79. The van der Waals surface area contributed by atoms with E-state index in [1.54, 1.807) is 13.0 Å². The smallest absolute Gasteiger partial charge is 0.358 e. The Balaban J connectivity index is 2.23. The third kappa shape index (κ3) is 2.48. The zero-order valence-electron chi connectivity index (χ0n) is 12.3. The Morgan fingerprint density at radius 3 is 2.70 bits per heavy atom. The lowest BCUT2D eigenvalue weighted by Gasteiger charge is -2.12. The third-order valence-electron chi connectivity index (χ3n) is 3.31. The summed E-state index contributed by atoms with van der Waals surface area (Å²) in [6, 6.07) is 5.70. The molecule has 2 aromatic heterocycles. The van der Waals surface area contributed by atoms with Gasteiger partial charge in [-0.1, -0.05) is 12.1 Å². The van der Waals surface area contributed by atoms with Crippen LogP contribution in [0.3, 0.4) is 0 Å². The summed E-state index contributed by atoms with van der Waals surface area (Å²) in [5.41, 5.74) is 0.0913. The van der Waals surface area contributed by atoms with E-state index in [-0.39, 0.29) is 28.1 Å². The van der Waals surface area contributed by atoms with Crippen LogP contribution >= 0.6 is 0 Å². The maximum absolute atomic E-state index is 14.7. The Morgan fingerprint density at radius 1 is 1.26 bits per heavy atom. The molecule has 0 radical (unpaired) electrons. The standard InChI is InChI=1S/C15H12F2N4O2/c1-7-11-13(21-20-7)10(17)12(14(19-11)15(22)23-2)18-9-6-4-3-5-8(9)16/h3-6,18H,1-2H3,(H,20,21). The SMILES string of the molecule is COC(=O)c1nc2c(C)[nH]nc2c(F)c1Nc1ccccc1F. The first-order valence-corrected chi connectivity index (χ1v) is 6.67. The monoisotopic (exact) mass is 318 g/mol. The number of aryl methyl sites for hydroxylation is 1. The zero-order valence-corrected chi connectivity index (χ0v) is 12.3. The summed E-state index contributed by atoms with van der Waals surface area (Å²) < 4.78 is 33.2. The fourth-order valence-corrected chi connectivity index (χ4v) is 2.16. The number of pyridine rings is 1. The molecule has 0 fully saturated rings. The number of nitrogens with zero attached hydrogens (tertiary/aromatic N) is 2. The summed E-state index contributed by atoms with van der Waals surface area (Å²) in [5.74, 6) is -2.26. The van der Waals surface area contributed by atoms with E-state index in [4.69, 9.17) is 0 Å². The lowest BCUT2D eigenvalue weighted by Crippen LogP contribution is -2.11. The molecule has 0 bridgehead atoms. The number of anilines is 2. The maximum atomic E-state index is 14.7. The van der Waals surface area contributed by atoms with Crippen molar-refractivity contribution >= 4 is 28.4 Å². The number of halogens is 2. The van der Waals surface area contributed by atoms with Gasteiger partial charge in [0, 0.05) is 0 Å². The van der Waals surface area contributed by atoms with Gasteiger partial charge in [0.2, 0.25) is 0 Å². The first kappa shape index (κ1) is 14.9. The van der Waals surface area contributed by atoms with Gasteiger partial charge in [-0.05, 0) is 19.1 Å². The quantitative estimate of drug-likeness (QED) is 0.726. The van der Waals surface area contributed by atoms with Gasteiger partial charge in [-0.15, -0.1) is 0 Å². The van der Waals surface area contributed by atoms with Gasteiger partial charge < -0.3 is 10.1 Å². The number of H-pyrrole nitrogens is 1. The molecule has 3 aromatic rings. The second kappa shape index (κ2) is 5.64. The van der Waals surface area contributed by atoms with E-state index in [9.17, 15) is 13.6 Å². The van der Waals surface area contributed by atoms with Crippen LogP contribution in [-0.2, 0) is 4.74 Å². The van der Waals surface area contributed by atoms with Crippen LogP contribution in [0.25, 0.3) is 11.0 Å². The van der Waals surface area contributed by atoms with Gasteiger partial charge in [-0.3, -0.25) is 5.10 Å². The zero-order chi connectivity index (χ0) is 16.6. The van der Waals surface area contributed by atoms with Gasteiger partial charge in [0.1, 0.15) is 22.5 Å². The number of esters is 1. The van der Waals surface area contributed by atoms with Crippen molar-refractivity contribution in [3.05, 3.63) is 47.3 Å². The van der Waals surface area contributed by atoms with Gasteiger partial charge in [0.25, 0.3) is 0 Å². The highest BCUT2D eigenvalue weighted by Crippen LogP contribution is 2.30. The molecule has 0 saturated heterocycles. The molecule has 118 valence electrons. The van der Waals surface area contributed by atoms with Gasteiger partial charge in [-0.25, -0.2) is 18.6 Å². The number of hydrogen-bond donors (Lipinski definition) is 2. The Morgan fingerprint density at radius 2 is 2.00 bits per heavy atom. The minimum absolute atomic E-state index is 0.00459. The van der Waals surface area contributed by atoms with Crippen LogP contribution < -0.4 is 5.32 Å². The Bertz CT molecular complexity index is 908. The number of ether oxygens (including phenoxy) is 1. The molecule has 0 amide bonds. The van der Waals surface area contributed by atoms with Gasteiger partial charge >= 0.3 is 5.97 Å². The van der Waals surface area contributed by atoms with Crippen molar-refractivity contribution in [1.82, 2.24) is 15.2 Å². The summed E-state index contributed by atoms with van der Waals surface area (Å²) in [6.07, 6.45) is 0. The van der Waals surface area contributed by atoms with Crippen LogP contribution in [0.2, 0.25) is 0 Å². The topological polar surface area (TPSA) is 79.9 Å². The number of fused-ring (bicyclic) bond motifs is 1. The second-order valence-corrected chi connectivity index (χ2v) is 4.79. The molecule has 1 aromatic carbocycles. The van der Waals surface area contributed by atoms with E-state index < -0.39 is 17.6 Å². The number of carbonyl (C=O) groups is 1. The summed E-state index contributed by atoms with van der Waals surface area (Å²) >= 11 is 0. The molecule has 0 unspecified atom stereocenters. The lowest BCUT2D eigenvalue weighted by atomic mass is 10.2. The van der Waals surface area contributed by atoms with Crippen molar-refractivity contribution in [1.29, 1.82) is 0 Å². The van der Waals surface area contributed by atoms with Gasteiger partial charge in [-0.2, -0.15) is 5.10 Å². The average molecular weight is 318 g/mol. The van der Waals surface area contributed by atoms with Crippen LogP contribution in [0.4, 0.5) is 20.2 Å². The summed E-state index contributed by atoms with van der Waals surface area (Å²) in [7, 11) is 1.15. The first-order chi connectivity index (χ1) is 11.0. The van der Waals surface area contributed by atoms with E-state index in [2.05, 4.69) is 25.2 Å². The van der Waals surface area contributed by atoms with E-state index in [0.29, 0.717) is 5.69 Å². The molecule has 0 saturated carbocycles. The van der Waals surface area contributed by atoms with Crippen molar-refractivity contribution in [2.45, 2.75) is 6.92 Å². The van der Waals surface area contributed by atoms with Crippen LogP contribution in [0, 0.1) is 18.6 Å². The number of benzene rings is 1. The van der Waals surface area contributed by atoms with Crippen molar-refractivity contribution < 1.29 is 18.3 Å². The Hall–Kier alpha value is -3.03. The highest BCUT2D eigenvalue weighted by molar-refractivity contribution is 5.98. The number of para-hydroxylation sites is 1. The number of carbonyl (C=O) groups excluding carboxylic acids is 1. The molecule has 3 rings (SSSR count). The van der Waals surface area contributed by atoms with Gasteiger partial charge in [0.05, 0.1) is 18.5 Å². The highest BCUT2D eigenvalue weighted by atomic mass is 19.1. The van der Waals surface area contributed by atoms with E-state index in [1.165, 1.54) is 18.2 Å². The fourth-order valence-electron chi connectivity index (χ4n) is 2.16. The highest BCUT2D eigenvalue weighted by Gasteiger charge is 2.24. The molecule has 0 aliphatic rings. The fraction of sp³-hybridized carbons (Fsp3) is 0.133. The average Bonchev–Trinajstić information content (AvgIpc) is 2.92. The predicted molar refractivity (Wildman–Crippen MR) is 79.6 cm³/mol. The lowest BCUT2D eigenvalue weighted by molar-refractivity contribution is 0.0595. The first-order valence-electron chi connectivity index (χ1n) is 6.67. The molecule has 8 heteroatoms. The number of methoxy groups -OCH3 is 1. The van der Waals surface area contributed by atoms with Crippen LogP contribution in [-0.4, -0.2) is 28.3 Å². The minimum atomic E-state index is -0.842. The van der Waals surface area contributed by atoms with Crippen molar-refractivity contribution in [3.8, 4) is 0 Å². The van der Waals surface area contributed by atoms with Crippen molar-refractivity contribution in [2.75, 3.05) is 12.4 Å². The third-order valence-corrected chi connectivity index (χ3v) is 3.31. The summed E-state index contributed by atoms with van der Waals surface area (Å²) in [5, 5.41) is 8.98. The molecular weight excluding hydrogens is 306 g/mol. The van der Waals surface area contributed by atoms with E-state index >= 15 is 0 Å². The molecule has 0 aliphatic heterocycles. The molecule has 2 N–H and O–H groups in total. The largest absolute Gasteiger partial charge is 0.464 e. The summed E-state index contributed by atoms with van der Waals surface area (Å²) in [6.45, 7) is 1.65. The van der Waals surface area contributed by atoms with Crippen LogP contribution in [0.1, 0.15) is 16.2 Å². The molecule has 0 aliphatic carbocycles. The maximum Gasteiger partial charge on any atom is 0.358 e. The number of rotatable bonds is 3. The van der Waals surface area contributed by atoms with Crippen molar-refractivity contribution in [2.24, 2.45) is 0 Å². The normalized spacial score (nSPS) is 10.8. The Labute approximate surface area is 129 Å². The molecule has 0 atom stereocenters. The van der Waals surface area contributed by atoms with Crippen molar-refractivity contribution in [3.63, 3.8) is 0 Å². The van der Waals surface area contributed by atoms with E-state index in [0.717, 1.165) is 7.11 Å². The van der Waals surface area contributed by atoms with Crippen LogP contribution in [0.15, 0.2) is 24.3 Å². The summed E-state index contributed by atoms with van der Waals surface area (Å²) in [4.78, 5) is 16.0. The number of aromatic amines is 1.